The van der Waals surface area contributed by atoms with Crippen molar-refractivity contribution >= 4 is 11.6 Å². The Morgan fingerprint density at radius 2 is 1.94 bits per heavy atom. The Labute approximate surface area is 103 Å². The van der Waals surface area contributed by atoms with Crippen LogP contribution in [0.15, 0.2) is 24.3 Å². The van der Waals surface area contributed by atoms with Crippen LogP contribution in [0.25, 0.3) is 0 Å². The minimum Gasteiger partial charge on any atom is -0.317 e. The van der Waals surface area contributed by atoms with Crippen LogP contribution in [0.1, 0.15) is 18.4 Å². The molecule has 92 valence electrons. The van der Waals surface area contributed by atoms with Gasteiger partial charge in [-0.05, 0) is 44.5 Å². The fourth-order valence-electron chi connectivity index (χ4n) is 2.40. The first kappa shape index (κ1) is 12.1. The lowest BCUT2D eigenvalue weighted by molar-refractivity contribution is -0.122. The van der Waals surface area contributed by atoms with Gasteiger partial charge in [-0.1, -0.05) is 18.2 Å². The molecule has 0 unspecified atom stereocenters. The molecule has 3 nitrogen and oxygen atoms in total. The lowest BCUT2D eigenvalue weighted by Crippen LogP contribution is -2.39. The fourth-order valence-corrected chi connectivity index (χ4v) is 2.40. The van der Waals surface area contributed by atoms with Gasteiger partial charge in [0.2, 0.25) is 5.91 Å². The third kappa shape index (κ3) is 2.67. The van der Waals surface area contributed by atoms with E-state index in [0.717, 1.165) is 37.2 Å². The van der Waals surface area contributed by atoms with Gasteiger partial charge in [0.05, 0.1) is 0 Å². The van der Waals surface area contributed by atoms with Crippen molar-refractivity contribution in [3.8, 4) is 0 Å². The number of benzene rings is 1. The molecule has 1 aromatic rings. The Balaban J connectivity index is 2.11. The van der Waals surface area contributed by atoms with E-state index in [4.69, 9.17) is 0 Å². The van der Waals surface area contributed by atoms with E-state index in [-0.39, 0.29) is 11.8 Å². The van der Waals surface area contributed by atoms with Gasteiger partial charge >= 0.3 is 0 Å². The quantitative estimate of drug-likeness (QED) is 0.845. The van der Waals surface area contributed by atoms with Gasteiger partial charge in [-0.3, -0.25) is 4.79 Å². The van der Waals surface area contributed by atoms with E-state index in [1.807, 2.05) is 43.1 Å². The maximum absolute atomic E-state index is 12.3. The molecule has 1 aliphatic heterocycles. The summed E-state index contributed by atoms with van der Waals surface area (Å²) in [5, 5.41) is 3.29. The lowest BCUT2D eigenvalue weighted by Gasteiger charge is -2.27. The van der Waals surface area contributed by atoms with E-state index in [1.165, 1.54) is 0 Å². The Hall–Kier alpha value is -1.35. The molecule has 0 bridgehead atoms. The fraction of sp³-hybridized carbons (Fsp3) is 0.500. The van der Waals surface area contributed by atoms with Crippen molar-refractivity contribution < 1.29 is 4.79 Å². The summed E-state index contributed by atoms with van der Waals surface area (Å²) in [5.74, 6) is 0.432. The Kier molecular flexibility index (Phi) is 3.79. The van der Waals surface area contributed by atoms with Crippen molar-refractivity contribution in [3.63, 3.8) is 0 Å². The second kappa shape index (κ2) is 5.32. The summed E-state index contributed by atoms with van der Waals surface area (Å²) in [4.78, 5) is 14.2. The maximum atomic E-state index is 12.3. The Morgan fingerprint density at radius 1 is 1.29 bits per heavy atom. The van der Waals surface area contributed by atoms with Crippen LogP contribution in [0.4, 0.5) is 5.69 Å². The van der Waals surface area contributed by atoms with Gasteiger partial charge in [-0.2, -0.15) is 0 Å². The number of nitrogens with zero attached hydrogens (tertiary/aromatic N) is 1. The topological polar surface area (TPSA) is 32.3 Å². The molecule has 1 N–H and O–H groups in total. The number of rotatable bonds is 2. The summed E-state index contributed by atoms with van der Waals surface area (Å²) < 4.78 is 0. The maximum Gasteiger partial charge on any atom is 0.229 e. The SMILES string of the molecule is Cc1ccccc1N(C)C(=O)C1CCNCC1. The van der Waals surface area contributed by atoms with Gasteiger partial charge in [0.15, 0.2) is 0 Å². The van der Waals surface area contributed by atoms with Gasteiger partial charge in [-0.15, -0.1) is 0 Å². The largest absolute Gasteiger partial charge is 0.317 e. The number of amides is 1. The Bertz CT molecular complexity index is 397. The first-order valence-electron chi connectivity index (χ1n) is 6.24. The van der Waals surface area contributed by atoms with Crippen LogP contribution in [0.3, 0.4) is 0 Å². The molecular formula is C14H20N2O. The number of hydrogen-bond donors (Lipinski definition) is 1. The highest BCUT2D eigenvalue weighted by molar-refractivity contribution is 5.95. The monoisotopic (exact) mass is 232 g/mol. The highest BCUT2D eigenvalue weighted by Crippen LogP contribution is 2.22. The molecule has 2 rings (SSSR count). The van der Waals surface area contributed by atoms with Crippen LogP contribution in [0.5, 0.6) is 0 Å². The van der Waals surface area contributed by atoms with E-state index >= 15 is 0 Å². The second-order valence-corrected chi connectivity index (χ2v) is 4.71. The number of para-hydroxylation sites is 1. The number of aryl methyl sites for hydroxylation is 1. The van der Waals surface area contributed by atoms with Crippen molar-refractivity contribution in [2.45, 2.75) is 19.8 Å². The van der Waals surface area contributed by atoms with Crippen molar-refractivity contribution in [1.82, 2.24) is 5.32 Å². The third-order valence-corrected chi connectivity index (χ3v) is 3.50. The molecule has 0 saturated carbocycles. The minimum absolute atomic E-state index is 0.181. The molecule has 0 aromatic heterocycles. The highest BCUT2D eigenvalue weighted by atomic mass is 16.2. The second-order valence-electron chi connectivity index (χ2n) is 4.71. The molecule has 1 saturated heterocycles. The van der Waals surface area contributed by atoms with Crippen LogP contribution in [-0.4, -0.2) is 26.0 Å². The normalized spacial score (nSPS) is 16.8. The number of carbonyl (C=O) groups is 1. The number of anilines is 1. The zero-order valence-electron chi connectivity index (χ0n) is 10.6. The molecule has 0 atom stereocenters. The summed E-state index contributed by atoms with van der Waals surface area (Å²) in [6.45, 7) is 3.96. The van der Waals surface area contributed by atoms with E-state index in [0.29, 0.717) is 0 Å². The molecule has 1 aliphatic rings. The molecule has 3 heteroatoms. The van der Waals surface area contributed by atoms with Gasteiger partial charge in [0.25, 0.3) is 0 Å². The van der Waals surface area contributed by atoms with Gasteiger partial charge < -0.3 is 10.2 Å². The number of nitrogens with one attached hydrogen (secondary N) is 1. The summed E-state index contributed by atoms with van der Waals surface area (Å²) >= 11 is 0. The van der Waals surface area contributed by atoms with E-state index in [9.17, 15) is 4.79 Å². The first-order chi connectivity index (χ1) is 8.20. The molecule has 1 aromatic carbocycles. The Morgan fingerprint density at radius 3 is 2.59 bits per heavy atom. The molecule has 0 aliphatic carbocycles. The van der Waals surface area contributed by atoms with Crippen LogP contribution in [-0.2, 0) is 4.79 Å². The van der Waals surface area contributed by atoms with Crippen molar-refractivity contribution in [1.29, 1.82) is 0 Å². The molecular weight excluding hydrogens is 212 g/mol. The smallest absolute Gasteiger partial charge is 0.229 e. The predicted octanol–water partition coefficient (Wildman–Crippen LogP) is 1.96. The molecule has 17 heavy (non-hydrogen) atoms. The summed E-state index contributed by atoms with van der Waals surface area (Å²) in [6, 6.07) is 8.03. The number of carbonyl (C=O) groups excluding carboxylic acids is 1. The minimum atomic E-state index is 0.181. The molecule has 1 heterocycles. The summed E-state index contributed by atoms with van der Waals surface area (Å²) in [7, 11) is 1.88. The average Bonchev–Trinajstić information content (AvgIpc) is 2.39. The van der Waals surface area contributed by atoms with Gasteiger partial charge in [0.1, 0.15) is 0 Å². The average molecular weight is 232 g/mol. The molecule has 0 radical (unpaired) electrons. The van der Waals surface area contributed by atoms with Gasteiger partial charge in [-0.25, -0.2) is 0 Å². The molecule has 1 fully saturated rings. The van der Waals surface area contributed by atoms with Crippen LogP contribution in [0, 0.1) is 12.8 Å². The van der Waals surface area contributed by atoms with Crippen LogP contribution in [0.2, 0.25) is 0 Å². The lowest BCUT2D eigenvalue weighted by atomic mass is 9.96. The van der Waals surface area contributed by atoms with Crippen molar-refractivity contribution in [2.75, 3.05) is 25.0 Å². The van der Waals surface area contributed by atoms with Crippen molar-refractivity contribution in [3.05, 3.63) is 29.8 Å². The molecule has 1 amide bonds. The third-order valence-electron chi connectivity index (χ3n) is 3.50. The van der Waals surface area contributed by atoms with Crippen LogP contribution >= 0.6 is 0 Å². The zero-order chi connectivity index (χ0) is 12.3. The first-order valence-corrected chi connectivity index (χ1v) is 6.24. The van der Waals surface area contributed by atoms with Crippen molar-refractivity contribution in [2.24, 2.45) is 5.92 Å². The van der Waals surface area contributed by atoms with E-state index < -0.39 is 0 Å². The predicted molar refractivity (Wildman–Crippen MR) is 70.2 cm³/mol. The van der Waals surface area contributed by atoms with E-state index in [2.05, 4.69) is 5.32 Å². The van der Waals surface area contributed by atoms with Gasteiger partial charge in [0, 0.05) is 18.7 Å². The van der Waals surface area contributed by atoms with Crippen LogP contribution < -0.4 is 10.2 Å². The summed E-state index contributed by atoms with van der Waals surface area (Å²) in [6.07, 6.45) is 1.91. The standard InChI is InChI=1S/C14H20N2O/c1-11-5-3-4-6-13(11)16(2)14(17)12-7-9-15-10-8-12/h3-6,12,15H,7-10H2,1-2H3. The zero-order valence-corrected chi connectivity index (χ0v) is 10.6. The number of piperidine rings is 1. The molecule has 0 spiro atoms. The van der Waals surface area contributed by atoms with E-state index in [1.54, 1.807) is 0 Å². The highest BCUT2D eigenvalue weighted by Gasteiger charge is 2.24. The summed E-state index contributed by atoms with van der Waals surface area (Å²) in [5.41, 5.74) is 2.17. The number of hydrogen-bond acceptors (Lipinski definition) is 2.